The molecule has 172 valence electrons. The van der Waals surface area contributed by atoms with Gasteiger partial charge in [0, 0.05) is 17.7 Å². The van der Waals surface area contributed by atoms with Gasteiger partial charge in [-0.2, -0.15) is 18.3 Å². The molecular weight excluding hydrogens is 403 g/mol. The summed E-state index contributed by atoms with van der Waals surface area (Å²) in [7, 11) is 0. The van der Waals surface area contributed by atoms with Crippen LogP contribution in [0.25, 0.3) is 0 Å². The van der Waals surface area contributed by atoms with Crippen LogP contribution in [0.3, 0.4) is 0 Å². The summed E-state index contributed by atoms with van der Waals surface area (Å²) in [5.74, 6) is 2.14. The van der Waals surface area contributed by atoms with Gasteiger partial charge in [-0.3, -0.25) is 9.48 Å². The van der Waals surface area contributed by atoms with Crippen LogP contribution in [0.5, 0.6) is 0 Å². The molecule has 1 heterocycles. The van der Waals surface area contributed by atoms with Gasteiger partial charge in [0.05, 0.1) is 12.5 Å². The summed E-state index contributed by atoms with van der Waals surface area (Å²) >= 11 is 0. The first-order valence-electron chi connectivity index (χ1n) is 12.1. The lowest BCUT2D eigenvalue weighted by atomic mass is 9.47. The molecule has 0 aliphatic heterocycles. The monoisotopic (exact) mass is 437 g/mol. The summed E-state index contributed by atoms with van der Waals surface area (Å²) in [6.45, 7) is 4.17. The van der Waals surface area contributed by atoms with E-state index in [4.69, 9.17) is 0 Å². The highest BCUT2D eigenvalue weighted by atomic mass is 19.4. The topological polar surface area (TPSA) is 46.9 Å². The highest BCUT2D eigenvalue weighted by Gasteiger charge is 2.54. The fraction of sp³-hybridized carbons (Fsp3) is 0.833. The molecule has 31 heavy (non-hydrogen) atoms. The zero-order valence-corrected chi connectivity index (χ0v) is 18.5. The van der Waals surface area contributed by atoms with E-state index in [-0.39, 0.29) is 29.8 Å². The summed E-state index contributed by atoms with van der Waals surface area (Å²) < 4.78 is 41.0. The van der Waals surface area contributed by atoms with E-state index in [0.717, 1.165) is 37.0 Å². The molecule has 5 aliphatic carbocycles. The standard InChI is InChI=1S/C24H34F3N3O/c1-3-20(23-10-15-6-16(11-23)8-17(7-15)12-23)28-22(31)14(2)13-30-19(18-4-5-18)9-21(29-30)24(25,26)27/h9,14-18,20H,3-8,10-13H2,1-2H3,(H,28,31). The minimum atomic E-state index is -4.45. The molecule has 0 radical (unpaired) electrons. The minimum absolute atomic E-state index is 0.0478. The van der Waals surface area contributed by atoms with E-state index in [1.165, 1.54) is 49.3 Å². The van der Waals surface area contributed by atoms with Gasteiger partial charge in [0.1, 0.15) is 0 Å². The van der Waals surface area contributed by atoms with Crippen LogP contribution in [0.2, 0.25) is 0 Å². The van der Waals surface area contributed by atoms with Gasteiger partial charge < -0.3 is 5.32 Å². The molecule has 1 aromatic rings. The average Bonchev–Trinajstić information content (AvgIpc) is 3.43. The molecule has 5 fully saturated rings. The molecule has 0 saturated heterocycles. The third-order valence-electron chi connectivity index (χ3n) is 8.54. The van der Waals surface area contributed by atoms with Gasteiger partial charge in [-0.25, -0.2) is 0 Å². The van der Waals surface area contributed by atoms with Crippen molar-refractivity contribution in [2.45, 2.75) is 96.3 Å². The van der Waals surface area contributed by atoms with Crippen LogP contribution >= 0.6 is 0 Å². The fourth-order valence-corrected chi connectivity index (χ4v) is 7.37. The van der Waals surface area contributed by atoms with E-state index in [9.17, 15) is 18.0 Å². The van der Waals surface area contributed by atoms with E-state index in [1.54, 1.807) is 0 Å². The smallest absolute Gasteiger partial charge is 0.353 e. The van der Waals surface area contributed by atoms with E-state index in [0.29, 0.717) is 5.69 Å². The predicted molar refractivity (Wildman–Crippen MR) is 111 cm³/mol. The minimum Gasteiger partial charge on any atom is -0.353 e. The number of rotatable bonds is 7. The van der Waals surface area contributed by atoms with Crippen LogP contribution in [0, 0.1) is 29.1 Å². The lowest BCUT2D eigenvalue weighted by molar-refractivity contribution is -0.141. The highest BCUT2D eigenvalue weighted by Crippen LogP contribution is 2.61. The Morgan fingerprint density at radius 1 is 1.19 bits per heavy atom. The lowest BCUT2D eigenvalue weighted by Crippen LogP contribution is -2.57. The van der Waals surface area contributed by atoms with Crippen molar-refractivity contribution in [1.82, 2.24) is 15.1 Å². The molecule has 0 spiro atoms. The number of hydrogen-bond acceptors (Lipinski definition) is 2. The zero-order chi connectivity index (χ0) is 22.0. The summed E-state index contributed by atoms with van der Waals surface area (Å²) in [6, 6.07) is 1.34. The van der Waals surface area contributed by atoms with Crippen LogP contribution in [-0.2, 0) is 17.5 Å². The van der Waals surface area contributed by atoms with Crippen molar-refractivity contribution in [3.05, 3.63) is 17.5 Å². The SMILES string of the molecule is CCC(NC(=O)C(C)Cn1nc(C(F)(F)F)cc1C1CC1)C12CC3CC(CC(C3)C1)C2. The Bertz CT molecular complexity index is 806. The highest BCUT2D eigenvalue weighted by molar-refractivity contribution is 5.78. The van der Waals surface area contributed by atoms with Crippen molar-refractivity contribution >= 4 is 5.91 Å². The van der Waals surface area contributed by atoms with Crippen molar-refractivity contribution < 1.29 is 18.0 Å². The Morgan fingerprint density at radius 3 is 2.26 bits per heavy atom. The number of amides is 1. The Balaban J connectivity index is 1.28. The predicted octanol–water partition coefficient (Wildman–Crippen LogP) is 5.53. The van der Waals surface area contributed by atoms with Crippen LogP contribution < -0.4 is 5.32 Å². The number of nitrogens with one attached hydrogen (secondary N) is 1. The summed E-state index contributed by atoms with van der Waals surface area (Å²) in [5, 5.41) is 7.17. The molecule has 5 saturated carbocycles. The largest absolute Gasteiger partial charge is 0.435 e. The second kappa shape index (κ2) is 7.51. The molecular formula is C24H34F3N3O. The van der Waals surface area contributed by atoms with E-state index in [2.05, 4.69) is 17.3 Å². The van der Waals surface area contributed by atoms with Gasteiger partial charge in [0.15, 0.2) is 5.69 Å². The number of nitrogens with zero attached hydrogens (tertiary/aromatic N) is 2. The Kier molecular flexibility index (Phi) is 5.17. The number of aromatic nitrogens is 2. The quantitative estimate of drug-likeness (QED) is 0.610. The van der Waals surface area contributed by atoms with Crippen molar-refractivity contribution in [1.29, 1.82) is 0 Å². The van der Waals surface area contributed by atoms with E-state index >= 15 is 0 Å². The fourth-order valence-electron chi connectivity index (χ4n) is 7.37. The van der Waals surface area contributed by atoms with Crippen LogP contribution in [0.1, 0.15) is 88.9 Å². The zero-order valence-electron chi connectivity index (χ0n) is 18.5. The van der Waals surface area contributed by atoms with Gasteiger partial charge in [-0.1, -0.05) is 13.8 Å². The molecule has 5 aliphatic rings. The van der Waals surface area contributed by atoms with Gasteiger partial charge in [-0.15, -0.1) is 0 Å². The van der Waals surface area contributed by atoms with Crippen molar-refractivity contribution in [2.75, 3.05) is 0 Å². The van der Waals surface area contributed by atoms with Gasteiger partial charge in [0.2, 0.25) is 5.91 Å². The Morgan fingerprint density at radius 2 is 1.77 bits per heavy atom. The number of carbonyl (C=O) groups excluding carboxylic acids is 1. The Labute approximate surface area is 182 Å². The molecule has 6 rings (SSSR count). The number of hydrogen-bond donors (Lipinski definition) is 1. The molecule has 2 unspecified atom stereocenters. The molecule has 4 nitrogen and oxygen atoms in total. The number of halogens is 3. The van der Waals surface area contributed by atoms with Crippen LogP contribution in [0.15, 0.2) is 6.07 Å². The summed E-state index contributed by atoms with van der Waals surface area (Å²) in [4.78, 5) is 13.1. The van der Waals surface area contributed by atoms with Crippen LogP contribution in [-0.4, -0.2) is 21.7 Å². The van der Waals surface area contributed by atoms with Crippen molar-refractivity contribution in [3.8, 4) is 0 Å². The molecule has 1 aromatic heterocycles. The maximum absolute atomic E-state index is 13.2. The third-order valence-corrected chi connectivity index (χ3v) is 8.54. The first-order chi connectivity index (χ1) is 14.7. The summed E-state index contributed by atoms with van der Waals surface area (Å²) in [6.07, 6.45) is 6.04. The van der Waals surface area contributed by atoms with E-state index < -0.39 is 17.8 Å². The first kappa shape index (κ1) is 21.3. The molecule has 1 N–H and O–H groups in total. The second-order valence-corrected chi connectivity index (χ2v) is 11.1. The maximum Gasteiger partial charge on any atom is 0.435 e. The second-order valence-electron chi connectivity index (χ2n) is 11.1. The maximum atomic E-state index is 13.2. The first-order valence-corrected chi connectivity index (χ1v) is 12.1. The molecule has 7 heteroatoms. The molecule has 1 amide bonds. The van der Waals surface area contributed by atoms with Crippen molar-refractivity contribution in [3.63, 3.8) is 0 Å². The molecule has 0 aromatic carbocycles. The van der Waals surface area contributed by atoms with Gasteiger partial charge >= 0.3 is 6.18 Å². The van der Waals surface area contributed by atoms with Crippen LogP contribution in [0.4, 0.5) is 13.2 Å². The molecule has 4 bridgehead atoms. The van der Waals surface area contributed by atoms with E-state index in [1.807, 2.05) is 6.92 Å². The van der Waals surface area contributed by atoms with Gasteiger partial charge in [0.25, 0.3) is 0 Å². The van der Waals surface area contributed by atoms with Crippen molar-refractivity contribution in [2.24, 2.45) is 29.1 Å². The summed E-state index contributed by atoms with van der Waals surface area (Å²) in [5.41, 5.74) is 0.00910. The number of carbonyl (C=O) groups is 1. The average molecular weight is 438 g/mol. The normalized spacial score (nSPS) is 34.0. The Hall–Kier alpha value is -1.53. The third kappa shape index (κ3) is 4.02. The van der Waals surface area contributed by atoms with Gasteiger partial charge in [-0.05, 0) is 87.0 Å². The number of alkyl halides is 3. The molecule has 2 atom stereocenters. The lowest BCUT2D eigenvalue weighted by Gasteiger charge is -2.59.